The summed E-state index contributed by atoms with van der Waals surface area (Å²) in [6.07, 6.45) is 3.38. The normalized spacial score (nSPS) is 11.3. The maximum atomic E-state index is 13.1. The van der Waals surface area contributed by atoms with E-state index < -0.39 is 0 Å². The van der Waals surface area contributed by atoms with Crippen LogP contribution < -0.4 is 10.3 Å². The number of halogens is 1. The molecule has 7 heteroatoms. The lowest BCUT2D eigenvalue weighted by Crippen LogP contribution is -2.24. The van der Waals surface area contributed by atoms with Gasteiger partial charge in [-0.15, -0.1) is 0 Å². The Hall–Kier alpha value is -2.67. The first-order valence-electron chi connectivity index (χ1n) is 7.74. The summed E-state index contributed by atoms with van der Waals surface area (Å²) in [6.45, 7) is 2.31. The number of hydrogen-bond donors (Lipinski definition) is 0. The van der Waals surface area contributed by atoms with Gasteiger partial charge in [0, 0.05) is 5.69 Å². The van der Waals surface area contributed by atoms with E-state index in [0.717, 1.165) is 21.5 Å². The minimum Gasteiger partial charge on any atom is -0.497 e. The predicted molar refractivity (Wildman–Crippen MR) is 99.3 cm³/mol. The summed E-state index contributed by atoms with van der Waals surface area (Å²) in [7, 11) is 1.63. The zero-order valence-corrected chi connectivity index (χ0v) is 15.3. The number of pyridine rings is 1. The second-order valence-electron chi connectivity index (χ2n) is 5.81. The fourth-order valence-corrected chi connectivity index (χ4v) is 3.41. The van der Waals surface area contributed by atoms with Gasteiger partial charge in [-0.1, -0.05) is 12.1 Å². The third-order valence-electron chi connectivity index (χ3n) is 4.18. The van der Waals surface area contributed by atoms with E-state index in [1.807, 2.05) is 31.2 Å². The molecule has 0 saturated heterocycles. The molecule has 4 rings (SSSR count). The number of aryl methyl sites for hydroxylation is 1. The smallest absolute Gasteiger partial charge is 0.262 e. The fourth-order valence-electron chi connectivity index (χ4n) is 2.94. The molecule has 0 aliphatic carbocycles. The Morgan fingerprint density at radius 3 is 2.68 bits per heavy atom. The first-order chi connectivity index (χ1) is 12.1. The number of methoxy groups -OCH3 is 1. The number of aromatic nitrogens is 4. The summed E-state index contributed by atoms with van der Waals surface area (Å²) >= 11 is 3.50. The first kappa shape index (κ1) is 15.8. The van der Waals surface area contributed by atoms with Crippen molar-refractivity contribution in [2.24, 2.45) is 0 Å². The Balaban J connectivity index is 1.98. The molecule has 126 valence electrons. The van der Waals surface area contributed by atoms with Gasteiger partial charge in [0.15, 0.2) is 5.65 Å². The highest BCUT2D eigenvalue weighted by molar-refractivity contribution is 9.10. The Morgan fingerprint density at radius 2 is 1.96 bits per heavy atom. The van der Waals surface area contributed by atoms with Crippen molar-refractivity contribution in [2.45, 2.75) is 13.5 Å². The Kier molecular flexibility index (Phi) is 3.80. The molecular weight excluding hydrogens is 384 g/mol. The third-order valence-corrected chi connectivity index (χ3v) is 4.74. The number of rotatable bonds is 3. The minimum atomic E-state index is -0.0648. The summed E-state index contributed by atoms with van der Waals surface area (Å²) in [5, 5.41) is 5.00. The third kappa shape index (κ3) is 2.60. The second-order valence-corrected chi connectivity index (χ2v) is 6.66. The highest BCUT2D eigenvalue weighted by Gasteiger charge is 2.15. The lowest BCUT2D eigenvalue weighted by atomic mass is 10.2. The standard InChI is InChI=1S/C18H15BrN4O2/c1-11-7-14-16(9-20-11)23-17(15(19)8-21-23)22(18(14)24)10-12-3-5-13(25-2)6-4-12/h3-9H,10H2,1-2H3. The number of fused-ring (bicyclic) bond motifs is 3. The van der Waals surface area contributed by atoms with E-state index in [-0.39, 0.29) is 5.56 Å². The van der Waals surface area contributed by atoms with Crippen LogP contribution in [0.15, 0.2) is 52.0 Å². The van der Waals surface area contributed by atoms with Crippen molar-refractivity contribution >= 4 is 32.5 Å². The number of nitrogens with zero attached hydrogens (tertiary/aromatic N) is 4. The summed E-state index contributed by atoms with van der Waals surface area (Å²) in [5.74, 6) is 0.784. The SMILES string of the molecule is COc1ccc(Cn2c(=O)c3cc(C)ncc3n3ncc(Br)c23)cc1. The van der Waals surface area contributed by atoms with Gasteiger partial charge in [0.05, 0.1) is 41.4 Å². The largest absolute Gasteiger partial charge is 0.497 e. The number of ether oxygens (including phenoxy) is 1. The molecule has 0 spiro atoms. The van der Waals surface area contributed by atoms with Crippen molar-refractivity contribution in [3.8, 4) is 5.75 Å². The number of hydrogen-bond acceptors (Lipinski definition) is 4. The molecule has 3 aromatic heterocycles. The van der Waals surface area contributed by atoms with Crippen LogP contribution in [0.2, 0.25) is 0 Å². The van der Waals surface area contributed by atoms with Crippen LogP contribution in [0.25, 0.3) is 16.6 Å². The van der Waals surface area contributed by atoms with Crippen molar-refractivity contribution in [1.29, 1.82) is 0 Å². The summed E-state index contributed by atoms with van der Waals surface area (Å²) in [5.41, 5.74) is 3.14. The maximum absolute atomic E-state index is 13.1. The molecule has 0 atom stereocenters. The fraction of sp³-hybridized carbons (Fsp3) is 0.167. The highest BCUT2D eigenvalue weighted by atomic mass is 79.9. The van der Waals surface area contributed by atoms with Gasteiger partial charge in [-0.05, 0) is 46.6 Å². The topological polar surface area (TPSA) is 61.4 Å². The average Bonchev–Trinajstić information content (AvgIpc) is 3.01. The van der Waals surface area contributed by atoms with Crippen LogP contribution >= 0.6 is 15.9 Å². The molecule has 0 aliphatic rings. The lowest BCUT2D eigenvalue weighted by molar-refractivity contribution is 0.414. The minimum absolute atomic E-state index is 0.0648. The zero-order valence-electron chi connectivity index (χ0n) is 13.7. The quantitative estimate of drug-likeness (QED) is 0.531. The van der Waals surface area contributed by atoms with Crippen LogP contribution in [-0.4, -0.2) is 26.3 Å². The van der Waals surface area contributed by atoms with Crippen molar-refractivity contribution < 1.29 is 4.74 Å². The van der Waals surface area contributed by atoms with E-state index in [4.69, 9.17) is 4.74 Å². The van der Waals surface area contributed by atoms with E-state index in [1.165, 1.54) is 0 Å². The molecule has 0 bridgehead atoms. The molecule has 6 nitrogen and oxygen atoms in total. The van der Waals surface area contributed by atoms with Gasteiger partial charge >= 0.3 is 0 Å². The summed E-state index contributed by atoms with van der Waals surface area (Å²) in [6, 6.07) is 9.48. The van der Waals surface area contributed by atoms with Crippen LogP contribution in [-0.2, 0) is 6.54 Å². The number of benzene rings is 1. The maximum Gasteiger partial charge on any atom is 0.262 e. The molecular formula is C18H15BrN4O2. The first-order valence-corrected chi connectivity index (χ1v) is 8.53. The van der Waals surface area contributed by atoms with Gasteiger partial charge in [-0.25, -0.2) is 4.52 Å². The van der Waals surface area contributed by atoms with E-state index in [2.05, 4.69) is 26.0 Å². The Labute approximate surface area is 151 Å². The van der Waals surface area contributed by atoms with Gasteiger partial charge in [0.25, 0.3) is 5.56 Å². The molecule has 4 aromatic rings. The summed E-state index contributed by atoms with van der Waals surface area (Å²) in [4.78, 5) is 17.4. The molecule has 0 amide bonds. The van der Waals surface area contributed by atoms with Crippen molar-refractivity contribution in [3.63, 3.8) is 0 Å². The Bertz CT molecular complexity index is 1150. The van der Waals surface area contributed by atoms with Crippen LogP contribution in [0.5, 0.6) is 5.75 Å². The van der Waals surface area contributed by atoms with Gasteiger partial charge in [-0.2, -0.15) is 5.10 Å². The lowest BCUT2D eigenvalue weighted by Gasteiger charge is -2.12. The van der Waals surface area contributed by atoms with Crippen molar-refractivity contribution in [2.75, 3.05) is 7.11 Å². The molecule has 0 unspecified atom stereocenters. The van der Waals surface area contributed by atoms with Crippen LogP contribution in [0, 0.1) is 6.92 Å². The van der Waals surface area contributed by atoms with E-state index in [9.17, 15) is 4.79 Å². The Morgan fingerprint density at radius 1 is 1.20 bits per heavy atom. The van der Waals surface area contributed by atoms with E-state index in [1.54, 1.807) is 34.7 Å². The van der Waals surface area contributed by atoms with E-state index >= 15 is 0 Å². The van der Waals surface area contributed by atoms with Crippen LogP contribution in [0.3, 0.4) is 0 Å². The molecule has 0 N–H and O–H groups in total. The van der Waals surface area contributed by atoms with E-state index in [0.29, 0.717) is 23.1 Å². The monoisotopic (exact) mass is 398 g/mol. The highest BCUT2D eigenvalue weighted by Crippen LogP contribution is 2.22. The molecule has 0 aliphatic heterocycles. The molecule has 0 fully saturated rings. The van der Waals surface area contributed by atoms with Crippen LogP contribution in [0.4, 0.5) is 0 Å². The molecule has 1 aromatic carbocycles. The molecule has 0 saturated carbocycles. The molecule has 25 heavy (non-hydrogen) atoms. The van der Waals surface area contributed by atoms with Crippen molar-refractivity contribution in [1.82, 2.24) is 19.2 Å². The van der Waals surface area contributed by atoms with Gasteiger partial charge in [-0.3, -0.25) is 14.3 Å². The second kappa shape index (κ2) is 6.00. The molecule has 0 radical (unpaired) electrons. The average molecular weight is 399 g/mol. The summed E-state index contributed by atoms with van der Waals surface area (Å²) < 4.78 is 9.43. The van der Waals surface area contributed by atoms with Crippen LogP contribution in [0.1, 0.15) is 11.3 Å². The predicted octanol–water partition coefficient (Wildman–Crippen LogP) is 3.17. The van der Waals surface area contributed by atoms with Gasteiger partial charge < -0.3 is 4.74 Å². The van der Waals surface area contributed by atoms with Crippen molar-refractivity contribution in [3.05, 3.63) is 68.8 Å². The van der Waals surface area contributed by atoms with Gasteiger partial charge in [0.2, 0.25) is 0 Å². The zero-order chi connectivity index (χ0) is 17.6. The van der Waals surface area contributed by atoms with Gasteiger partial charge in [0.1, 0.15) is 5.75 Å². The molecule has 3 heterocycles.